The van der Waals surface area contributed by atoms with Gasteiger partial charge in [-0.3, -0.25) is 0 Å². The number of nitrogens with one attached hydrogen (secondary N) is 3. The average Bonchev–Trinajstić information content (AvgIpc) is 3.41. The standard InChI is InChI=1S/C27H36ClN7O3S/c1-18(2)15-30-39(36,37)25-9-7-6-8-23(25)31-26-21(28)16-29-27(33-26)32-22-11-10-19(14-24(22)38-5)35-13-12-20(17-35)34(3)4/h6-11,14,16,18,20,30H,12-13,15,17H2,1-5H3,(H2,29,31,32,33). The molecule has 0 aliphatic carbocycles. The highest BCUT2D eigenvalue weighted by atomic mass is 35.5. The van der Waals surface area contributed by atoms with Crippen molar-refractivity contribution in [2.24, 2.45) is 5.92 Å². The molecule has 1 aliphatic rings. The maximum absolute atomic E-state index is 12.9. The predicted molar refractivity (Wildman–Crippen MR) is 157 cm³/mol. The van der Waals surface area contributed by atoms with Gasteiger partial charge < -0.3 is 25.2 Å². The second kappa shape index (κ2) is 12.4. The molecule has 3 N–H and O–H groups in total. The number of benzene rings is 2. The zero-order chi connectivity index (χ0) is 28.2. The Hall–Kier alpha value is -3.12. The molecule has 39 heavy (non-hydrogen) atoms. The van der Waals surface area contributed by atoms with Gasteiger partial charge >= 0.3 is 0 Å². The molecule has 4 rings (SSSR count). The maximum atomic E-state index is 12.9. The summed E-state index contributed by atoms with van der Waals surface area (Å²) in [4.78, 5) is 13.5. The molecule has 1 aliphatic heterocycles. The van der Waals surface area contributed by atoms with Crippen molar-refractivity contribution in [2.75, 3.05) is 56.4 Å². The second-order valence-corrected chi connectivity index (χ2v) is 12.3. The van der Waals surface area contributed by atoms with Gasteiger partial charge in [0.15, 0.2) is 5.82 Å². The van der Waals surface area contributed by atoms with E-state index in [1.807, 2.05) is 32.0 Å². The number of halogens is 1. The van der Waals surface area contributed by atoms with E-state index in [1.165, 1.54) is 12.3 Å². The molecular weight excluding hydrogens is 538 g/mol. The molecule has 10 nitrogen and oxygen atoms in total. The Morgan fingerprint density at radius 2 is 1.92 bits per heavy atom. The lowest BCUT2D eigenvalue weighted by atomic mass is 10.2. The Labute approximate surface area is 235 Å². The molecule has 0 spiro atoms. The number of hydrogen-bond donors (Lipinski definition) is 3. The van der Waals surface area contributed by atoms with E-state index in [-0.39, 0.29) is 27.6 Å². The van der Waals surface area contributed by atoms with Crippen molar-refractivity contribution >= 4 is 50.5 Å². The zero-order valence-corrected chi connectivity index (χ0v) is 24.5. The van der Waals surface area contributed by atoms with Gasteiger partial charge in [-0.2, -0.15) is 4.98 Å². The van der Waals surface area contributed by atoms with Gasteiger partial charge in [-0.25, -0.2) is 18.1 Å². The Kier molecular flexibility index (Phi) is 9.16. The fraction of sp³-hybridized carbons (Fsp3) is 0.407. The number of rotatable bonds is 11. The molecule has 0 radical (unpaired) electrons. The van der Waals surface area contributed by atoms with E-state index >= 15 is 0 Å². The first-order valence-electron chi connectivity index (χ1n) is 12.8. The Morgan fingerprint density at radius 1 is 1.15 bits per heavy atom. The van der Waals surface area contributed by atoms with Crippen LogP contribution in [0.5, 0.6) is 5.75 Å². The van der Waals surface area contributed by atoms with Crippen LogP contribution in [-0.4, -0.2) is 70.2 Å². The van der Waals surface area contributed by atoms with Gasteiger partial charge in [0.1, 0.15) is 15.7 Å². The van der Waals surface area contributed by atoms with Gasteiger partial charge in [0.2, 0.25) is 16.0 Å². The third-order valence-electron chi connectivity index (χ3n) is 6.55. The molecule has 2 aromatic carbocycles. The van der Waals surface area contributed by atoms with Crippen molar-refractivity contribution in [2.45, 2.75) is 31.2 Å². The molecule has 210 valence electrons. The normalized spacial score (nSPS) is 15.7. The molecule has 0 amide bonds. The molecule has 1 aromatic heterocycles. The minimum absolute atomic E-state index is 0.102. The summed E-state index contributed by atoms with van der Waals surface area (Å²) in [6, 6.07) is 13.1. The predicted octanol–water partition coefficient (Wildman–Crippen LogP) is 4.70. The summed E-state index contributed by atoms with van der Waals surface area (Å²) >= 11 is 6.39. The molecule has 2 heterocycles. The van der Waals surface area contributed by atoms with E-state index in [2.05, 4.69) is 49.2 Å². The molecule has 3 aromatic rings. The van der Waals surface area contributed by atoms with Crippen LogP contribution in [0.15, 0.2) is 53.6 Å². The molecule has 1 saturated heterocycles. The van der Waals surface area contributed by atoms with Crippen molar-refractivity contribution in [3.8, 4) is 5.75 Å². The van der Waals surface area contributed by atoms with Gasteiger partial charge in [0.25, 0.3) is 0 Å². The summed E-state index contributed by atoms with van der Waals surface area (Å²) in [7, 11) is 2.10. The van der Waals surface area contributed by atoms with Crippen molar-refractivity contribution in [3.05, 3.63) is 53.7 Å². The Morgan fingerprint density at radius 3 is 2.62 bits per heavy atom. The minimum Gasteiger partial charge on any atom is -0.494 e. The van der Waals surface area contributed by atoms with Crippen LogP contribution < -0.4 is 25.0 Å². The number of likely N-dealkylation sites (N-methyl/N-ethyl adjacent to an activating group) is 1. The molecule has 0 saturated carbocycles. The van der Waals surface area contributed by atoms with Crippen molar-refractivity contribution < 1.29 is 13.2 Å². The third kappa shape index (κ3) is 7.10. The van der Waals surface area contributed by atoms with Gasteiger partial charge in [0, 0.05) is 37.4 Å². The fourth-order valence-electron chi connectivity index (χ4n) is 4.30. The highest BCUT2D eigenvalue weighted by molar-refractivity contribution is 7.89. The first-order valence-corrected chi connectivity index (χ1v) is 14.7. The van der Waals surface area contributed by atoms with Crippen LogP contribution in [-0.2, 0) is 10.0 Å². The van der Waals surface area contributed by atoms with Crippen molar-refractivity contribution in [1.82, 2.24) is 19.6 Å². The molecule has 0 bridgehead atoms. The summed E-state index contributed by atoms with van der Waals surface area (Å²) < 4.78 is 34.2. The Bertz CT molecular complexity index is 1400. The van der Waals surface area contributed by atoms with Gasteiger partial charge in [-0.05, 0) is 50.7 Å². The SMILES string of the molecule is COc1cc(N2CCC(N(C)C)C2)ccc1Nc1ncc(Cl)c(Nc2ccccc2S(=O)(=O)NCC(C)C)n1. The average molecular weight is 574 g/mol. The fourth-order valence-corrected chi connectivity index (χ4v) is 5.81. The third-order valence-corrected chi connectivity index (χ3v) is 8.30. The lowest BCUT2D eigenvalue weighted by molar-refractivity contribution is 0.315. The smallest absolute Gasteiger partial charge is 0.242 e. The summed E-state index contributed by atoms with van der Waals surface area (Å²) in [5.74, 6) is 1.37. The minimum atomic E-state index is -3.74. The van der Waals surface area contributed by atoms with Gasteiger partial charge in [0.05, 0.1) is 24.7 Å². The van der Waals surface area contributed by atoms with E-state index in [9.17, 15) is 8.42 Å². The summed E-state index contributed by atoms with van der Waals surface area (Å²) in [5.41, 5.74) is 2.13. The van der Waals surface area contributed by atoms with Crippen molar-refractivity contribution in [3.63, 3.8) is 0 Å². The topological polar surface area (TPSA) is 112 Å². The number of aromatic nitrogens is 2. The number of hydrogen-bond acceptors (Lipinski definition) is 9. The highest BCUT2D eigenvalue weighted by Gasteiger charge is 2.25. The van der Waals surface area contributed by atoms with E-state index in [0.29, 0.717) is 29.7 Å². The van der Waals surface area contributed by atoms with E-state index < -0.39 is 10.0 Å². The Balaban J connectivity index is 1.55. The molecule has 1 atom stereocenters. The first-order chi connectivity index (χ1) is 18.6. The summed E-state index contributed by atoms with van der Waals surface area (Å²) in [6.45, 7) is 6.16. The van der Waals surface area contributed by atoms with E-state index in [0.717, 1.165) is 25.2 Å². The summed E-state index contributed by atoms with van der Waals surface area (Å²) in [5, 5.41) is 6.51. The maximum Gasteiger partial charge on any atom is 0.242 e. The monoisotopic (exact) mass is 573 g/mol. The number of nitrogens with zero attached hydrogens (tertiary/aromatic N) is 4. The quantitative estimate of drug-likeness (QED) is 0.300. The van der Waals surface area contributed by atoms with Crippen LogP contribution >= 0.6 is 11.6 Å². The zero-order valence-electron chi connectivity index (χ0n) is 22.9. The first kappa shape index (κ1) is 28.9. The van der Waals surface area contributed by atoms with Crippen LogP contribution in [0.3, 0.4) is 0 Å². The largest absolute Gasteiger partial charge is 0.494 e. The van der Waals surface area contributed by atoms with Crippen molar-refractivity contribution in [1.29, 1.82) is 0 Å². The molecule has 1 unspecified atom stereocenters. The van der Waals surface area contributed by atoms with Crippen LogP contribution in [0.25, 0.3) is 0 Å². The van der Waals surface area contributed by atoms with Gasteiger partial charge in [-0.15, -0.1) is 0 Å². The summed E-state index contributed by atoms with van der Waals surface area (Å²) in [6.07, 6.45) is 2.57. The molecule has 1 fully saturated rings. The second-order valence-electron chi connectivity index (χ2n) is 10.1. The van der Waals surface area contributed by atoms with Crippen LogP contribution in [0.2, 0.25) is 5.02 Å². The highest BCUT2D eigenvalue weighted by Crippen LogP contribution is 2.34. The number of anilines is 5. The van der Waals surface area contributed by atoms with Gasteiger partial charge in [-0.1, -0.05) is 37.6 Å². The molecular formula is C27H36ClN7O3S. The lowest BCUT2D eigenvalue weighted by Crippen LogP contribution is -2.31. The number of para-hydroxylation sites is 1. The van der Waals surface area contributed by atoms with Crippen LogP contribution in [0.4, 0.5) is 28.8 Å². The van der Waals surface area contributed by atoms with E-state index in [4.69, 9.17) is 16.3 Å². The molecule has 12 heteroatoms. The number of methoxy groups -OCH3 is 1. The van der Waals surface area contributed by atoms with E-state index in [1.54, 1.807) is 25.3 Å². The lowest BCUT2D eigenvalue weighted by Gasteiger charge is -2.23. The van der Waals surface area contributed by atoms with Crippen LogP contribution in [0.1, 0.15) is 20.3 Å². The number of sulfonamides is 1. The van der Waals surface area contributed by atoms with Crippen LogP contribution in [0, 0.1) is 5.92 Å². The number of ether oxygens (including phenoxy) is 1.